The van der Waals surface area contributed by atoms with Crippen molar-refractivity contribution >= 4 is 11.8 Å². The van der Waals surface area contributed by atoms with Gasteiger partial charge in [0.1, 0.15) is 11.3 Å². The molecule has 7 nitrogen and oxygen atoms in total. The topological polar surface area (TPSA) is 82.5 Å². The number of rotatable bonds is 6. The summed E-state index contributed by atoms with van der Waals surface area (Å²) in [4.78, 5) is 5.76. The minimum atomic E-state index is -3.73. The van der Waals surface area contributed by atoms with E-state index in [1.165, 1.54) is 12.1 Å². The Balaban J connectivity index is 1.56. The van der Waals surface area contributed by atoms with Crippen LogP contribution >= 0.6 is 11.8 Å². The summed E-state index contributed by atoms with van der Waals surface area (Å²) in [5.41, 5.74) is 4.62. The Bertz CT molecular complexity index is 1790. The van der Waals surface area contributed by atoms with Crippen molar-refractivity contribution in [2.24, 2.45) is 7.05 Å². The first-order valence-corrected chi connectivity index (χ1v) is 14.1. The molecule has 10 heteroatoms. The number of oxazole rings is 1. The molecule has 210 valence electrons. The van der Waals surface area contributed by atoms with E-state index in [4.69, 9.17) is 9.15 Å². The first-order valence-electron chi connectivity index (χ1n) is 12.9. The Kier molecular flexibility index (Phi) is 6.43. The summed E-state index contributed by atoms with van der Waals surface area (Å²) in [6, 6.07) is 20.7. The molecule has 0 fully saturated rings. The number of aliphatic hydroxyl groups is 1. The van der Waals surface area contributed by atoms with Crippen molar-refractivity contribution in [3.8, 4) is 56.5 Å². The van der Waals surface area contributed by atoms with Crippen molar-refractivity contribution in [2.45, 2.75) is 37.6 Å². The van der Waals surface area contributed by atoms with Crippen LogP contribution in [0.5, 0.6) is 11.5 Å². The second-order valence-corrected chi connectivity index (χ2v) is 11.2. The standard InChI is InChI=1S/C31H27F2N3O4S/c1-17-34-28(20-10-12-25-26(15-20)40-31(32,33)39-25)29(38-17)23-14-19(18-7-6-8-21(13-18)41-5)9-11-22(23)24-16-27(30(2,3)37)35-36(24)4/h6-16,37H,1-5H3. The molecule has 2 aromatic heterocycles. The molecule has 0 bridgehead atoms. The lowest BCUT2D eigenvalue weighted by molar-refractivity contribution is -0.286. The molecule has 6 rings (SSSR count). The summed E-state index contributed by atoms with van der Waals surface area (Å²) in [5.74, 6) is 0.729. The molecule has 41 heavy (non-hydrogen) atoms. The Morgan fingerprint density at radius 3 is 2.37 bits per heavy atom. The van der Waals surface area contributed by atoms with Gasteiger partial charge in [0, 0.05) is 35.6 Å². The largest absolute Gasteiger partial charge is 0.586 e. The van der Waals surface area contributed by atoms with Gasteiger partial charge in [-0.15, -0.1) is 20.5 Å². The van der Waals surface area contributed by atoms with E-state index < -0.39 is 11.9 Å². The average Bonchev–Trinajstić information content (AvgIpc) is 3.60. The lowest BCUT2D eigenvalue weighted by Crippen LogP contribution is -2.25. The molecular formula is C31H27F2N3O4S. The number of ether oxygens (including phenoxy) is 2. The molecule has 0 aliphatic carbocycles. The van der Waals surface area contributed by atoms with Crippen LogP contribution in [0.1, 0.15) is 25.4 Å². The zero-order chi connectivity index (χ0) is 29.1. The number of nitrogens with zero attached hydrogens (tertiary/aromatic N) is 3. The van der Waals surface area contributed by atoms with Crippen LogP contribution in [-0.4, -0.2) is 32.4 Å². The van der Waals surface area contributed by atoms with Crippen molar-refractivity contribution in [1.82, 2.24) is 14.8 Å². The van der Waals surface area contributed by atoms with Gasteiger partial charge in [-0.05, 0) is 73.7 Å². The smallest absolute Gasteiger partial charge is 0.440 e. The highest BCUT2D eigenvalue weighted by Crippen LogP contribution is 2.46. The van der Waals surface area contributed by atoms with Crippen molar-refractivity contribution in [2.75, 3.05) is 6.26 Å². The van der Waals surface area contributed by atoms with E-state index in [1.54, 1.807) is 43.3 Å². The van der Waals surface area contributed by atoms with Crippen molar-refractivity contribution in [3.63, 3.8) is 0 Å². The summed E-state index contributed by atoms with van der Waals surface area (Å²) in [7, 11) is 1.81. The van der Waals surface area contributed by atoms with Crippen molar-refractivity contribution in [1.29, 1.82) is 0 Å². The predicted molar refractivity (Wildman–Crippen MR) is 153 cm³/mol. The van der Waals surface area contributed by atoms with Crippen LogP contribution in [0.4, 0.5) is 8.78 Å². The molecule has 1 N–H and O–H groups in total. The van der Waals surface area contributed by atoms with Gasteiger partial charge in [-0.1, -0.05) is 24.3 Å². The van der Waals surface area contributed by atoms with Crippen LogP contribution in [0.3, 0.4) is 0 Å². The van der Waals surface area contributed by atoms with E-state index >= 15 is 0 Å². The molecule has 0 saturated carbocycles. The number of alkyl halides is 2. The molecule has 5 aromatic rings. The molecule has 1 aliphatic rings. The third-order valence-electron chi connectivity index (χ3n) is 6.86. The fraction of sp³-hybridized carbons (Fsp3) is 0.226. The van der Waals surface area contributed by atoms with E-state index in [9.17, 15) is 13.9 Å². The van der Waals surface area contributed by atoms with Crippen LogP contribution in [0.25, 0.3) is 45.0 Å². The molecule has 0 unspecified atom stereocenters. The Hall–Kier alpha value is -4.15. The van der Waals surface area contributed by atoms with Crippen molar-refractivity contribution in [3.05, 3.63) is 78.3 Å². The molecule has 1 aliphatic heterocycles. The SMILES string of the molecule is CSc1cccc(-c2ccc(-c3cc(C(C)(C)O)nn3C)c(-c3oc(C)nc3-c3ccc4c(c3)OC(F)(F)O4)c2)c1. The number of aryl methyl sites for hydroxylation is 2. The van der Waals surface area contributed by atoms with Crippen LogP contribution in [0.2, 0.25) is 0 Å². The second-order valence-electron chi connectivity index (χ2n) is 10.3. The first kappa shape index (κ1) is 27.0. The zero-order valence-corrected chi connectivity index (χ0v) is 23.8. The molecular weight excluding hydrogens is 548 g/mol. The first-order chi connectivity index (χ1) is 19.4. The number of hydrogen-bond acceptors (Lipinski definition) is 7. The Labute approximate surface area is 239 Å². The minimum absolute atomic E-state index is 0.0501. The van der Waals surface area contributed by atoms with Gasteiger partial charge in [-0.25, -0.2) is 4.98 Å². The van der Waals surface area contributed by atoms with E-state index in [2.05, 4.69) is 27.0 Å². The van der Waals surface area contributed by atoms with Gasteiger partial charge in [-0.2, -0.15) is 5.10 Å². The fourth-order valence-electron chi connectivity index (χ4n) is 4.86. The monoisotopic (exact) mass is 575 g/mol. The van der Waals surface area contributed by atoms with E-state index in [0.29, 0.717) is 28.6 Å². The van der Waals surface area contributed by atoms with Crippen LogP contribution in [0, 0.1) is 6.92 Å². The number of thioether (sulfide) groups is 1. The minimum Gasteiger partial charge on any atom is -0.440 e. The van der Waals surface area contributed by atoms with Crippen LogP contribution in [-0.2, 0) is 12.6 Å². The number of benzene rings is 3. The summed E-state index contributed by atoms with van der Waals surface area (Å²) in [6.45, 7) is 5.10. The maximum absolute atomic E-state index is 13.7. The maximum Gasteiger partial charge on any atom is 0.586 e. The molecule has 0 radical (unpaired) electrons. The molecule has 0 amide bonds. The van der Waals surface area contributed by atoms with Gasteiger partial charge < -0.3 is 19.0 Å². The summed E-state index contributed by atoms with van der Waals surface area (Å²) in [5, 5.41) is 15.2. The predicted octanol–water partition coefficient (Wildman–Crippen LogP) is 7.66. The lowest BCUT2D eigenvalue weighted by atomic mass is 9.93. The van der Waals surface area contributed by atoms with E-state index in [1.807, 2.05) is 49.7 Å². The van der Waals surface area contributed by atoms with Gasteiger partial charge in [0.2, 0.25) is 0 Å². The highest BCUT2D eigenvalue weighted by atomic mass is 32.2. The summed E-state index contributed by atoms with van der Waals surface area (Å²) in [6.07, 6.45) is -1.70. The molecule has 0 saturated heterocycles. The highest BCUT2D eigenvalue weighted by Gasteiger charge is 2.43. The lowest BCUT2D eigenvalue weighted by Gasteiger charge is -2.13. The van der Waals surface area contributed by atoms with E-state index in [-0.39, 0.29) is 11.5 Å². The number of halogens is 2. The molecule has 3 heterocycles. The zero-order valence-electron chi connectivity index (χ0n) is 23.0. The Morgan fingerprint density at radius 1 is 0.902 bits per heavy atom. The van der Waals surface area contributed by atoms with Gasteiger partial charge >= 0.3 is 6.29 Å². The van der Waals surface area contributed by atoms with Gasteiger partial charge in [-0.3, -0.25) is 4.68 Å². The quantitative estimate of drug-likeness (QED) is 0.208. The molecule has 3 aromatic carbocycles. The third kappa shape index (κ3) is 5.09. The summed E-state index contributed by atoms with van der Waals surface area (Å²) >= 11 is 1.66. The maximum atomic E-state index is 13.7. The van der Waals surface area contributed by atoms with Gasteiger partial charge in [0.25, 0.3) is 0 Å². The fourth-order valence-corrected chi connectivity index (χ4v) is 5.32. The van der Waals surface area contributed by atoms with Gasteiger partial charge in [0.05, 0.1) is 11.4 Å². The Morgan fingerprint density at radius 2 is 1.63 bits per heavy atom. The van der Waals surface area contributed by atoms with Gasteiger partial charge in [0.15, 0.2) is 23.1 Å². The third-order valence-corrected chi connectivity index (χ3v) is 7.58. The van der Waals surface area contributed by atoms with Crippen molar-refractivity contribution < 1.29 is 27.8 Å². The average molecular weight is 576 g/mol. The van der Waals surface area contributed by atoms with Crippen LogP contribution < -0.4 is 9.47 Å². The van der Waals surface area contributed by atoms with E-state index in [0.717, 1.165) is 32.8 Å². The van der Waals surface area contributed by atoms with Crippen LogP contribution in [0.15, 0.2) is 76.0 Å². The number of hydrogen-bond donors (Lipinski definition) is 1. The number of fused-ring (bicyclic) bond motifs is 1. The second kappa shape index (κ2) is 9.74. The summed E-state index contributed by atoms with van der Waals surface area (Å²) < 4.78 is 44.7. The molecule has 0 spiro atoms. The molecule has 0 atom stereocenters. The normalized spacial score (nSPS) is 14.0. The highest BCUT2D eigenvalue weighted by molar-refractivity contribution is 7.98. The number of aromatic nitrogens is 3.